The van der Waals surface area contributed by atoms with E-state index in [4.69, 9.17) is 9.47 Å². The first-order valence-electron chi connectivity index (χ1n) is 6.03. The maximum Gasteiger partial charge on any atom is 0.162 e. The average molecular weight is 278 g/mol. The van der Waals surface area contributed by atoms with Crippen LogP contribution in [0, 0.1) is 13.8 Å². The molecule has 19 heavy (non-hydrogen) atoms. The lowest BCUT2D eigenvalue weighted by Crippen LogP contribution is -2.00. The number of methoxy groups -OCH3 is 2. The van der Waals surface area contributed by atoms with Crippen molar-refractivity contribution in [2.45, 2.75) is 20.4 Å². The molecule has 0 radical (unpaired) electrons. The molecule has 1 N–H and O–H groups in total. The van der Waals surface area contributed by atoms with E-state index in [1.54, 1.807) is 25.6 Å². The van der Waals surface area contributed by atoms with Gasteiger partial charge in [-0.15, -0.1) is 11.3 Å². The number of anilines is 1. The van der Waals surface area contributed by atoms with Crippen molar-refractivity contribution >= 4 is 17.0 Å². The van der Waals surface area contributed by atoms with E-state index >= 15 is 0 Å². The third-order valence-corrected chi connectivity index (χ3v) is 3.97. The van der Waals surface area contributed by atoms with Crippen molar-refractivity contribution in [3.8, 4) is 11.5 Å². The minimum Gasteiger partial charge on any atom is -0.493 e. The van der Waals surface area contributed by atoms with Crippen molar-refractivity contribution in [1.82, 2.24) is 4.98 Å². The lowest BCUT2D eigenvalue weighted by Gasteiger charge is -2.10. The van der Waals surface area contributed by atoms with Gasteiger partial charge in [-0.1, -0.05) is 0 Å². The molecule has 1 aromatic heterocycles. The standard InChI is InChI=1S/C14H18N2O2S/c1-9-10(2)19-14(16-9)8-15-11-5-6-12(17-3)13(7-11)18-4/h5-7,15H,8H2,1-4H3. The number of benzene rings is 1. The van der Waals surface area contributed by atoms with Gasteiger partial charge in [0.15, 0.2) is 11.5 Å². The quantitative estimate of drug-likeness (QED) is 0.910. The minimum absolute atomic E-state index is 0.717. The van der Waals surface area contributed by atoms with Crippen LogP contribution in [0.1, 0.15) is 15.6 Å². The van der Waals surface area contributed by atoms with E-state index in [0.29, 0.717) is 0 Å². The Hall–Kier alpha value is -1.75. The molecule has 5 heteroatoms. The largest absolute Gasteiger partial charge is 0.493 e. The molecule has 0 bridgehead atoms. The second kappa shape index (κ2) is 5.93. The lowest BCUT2D eigenvalue weighted by atomic mass is 10.2. The monoisotopic (exact) mass is 278 g/mol. The summed E-state index contributed by atoms with van der Waals surface area (Å²) < 4.78 is 10.5. The van der Waals surface area contributed by atoms with Gasteiger partial charge in [0, 0.05) is 16.6 Å². The first-order chi connectivity index (χ1) is 9.13. The van der Waals surface area contributed by atoms with Crippen LogP contribution >= 0.6 is 11.3 Å². The maximum atomic E-state index is 5.27. The normalized spacial score (nSPS) is 10.3. The van der Waals surface area contributed by atoms with E-state index < -0.39 is 0 Å². The SMILES string of the molecule is COc1ccc(NCc2nc(C)c(C)s2)cc1OC. The predicted octanol–water partition coefficient (Wildman–Crippen LogP) is 3.39. The van der Waals surface area contributed by atoms with E-state index in [9.17, 15) is 0 Å². The lowest BCUT2D eigenvalue weighted by molar-refractivity contribution is 0.355. The fraction of sp³-hybridized carbons (Fsp3) is 0.357. The van der Waals surface area contributed by atoms with Crippen LogP contribution in [0.2, 0.25) is 0 Å². The molecule has 0 aliphatic carbocycles. The van der Waals surface area contributed by atoms with Gasteiger partial charge in [0.1, 0.15) is 5.01 Å². The van der Waals surface area contributed by atoms with Gasteiger partial charge in [-0.2, -0.15) is 0 Å². The summed E-state index contributed by atoms with van der Waals surface area (Å²) in [5.74, 6) is 1.45. The highest BCUT2D eigenvalue weighted by Gasteiger charge is 2.06. The summed E-state index contributed by atoms with van der Waals surface area (Å²) in [6.45, 7) is 4.84. The Bertz CT molecular complexity index is 547. The highest BCUT2D eigenvalue weighted by Crippen LogP contribution is 2.30. The number of aromatic nitrogens is 1. The van der Waals surface area contributed by atoms with E-state index in [1.807, 2.05) is 25.1 Å². The van der Waals surface area contributed by atoms with Crippen molar-refractivity contribution < 1.29 is 9.47 Å². The van der Waals surface area contributed by atoms with Crippen LogP contribution in [0.3, 0.4) is 0 Å². The van der Waals surface area contributed by atoms with Gasteiger partial charge < -0.3 is 14.8 Å². The molecule has 0 unspecified atom stereocenters. The molecule has 0 amide bonds. The van der Waals surface area contributed by atoms with Crippen LogP contribution in [0.4, 0.5) is 5.69 Å². The summed E-state index contributed by atoms with van der Waals surface area (Å²) in [4.78, 5) is 5.77. The molecule has 0 spiro atoms. The van der Waals surface area contributed by atoms with Crippen molar-refractivity contribution in [2.24, 2.45) is 0 Å². The van der Waals surface area contributed by atoms with E-state index in [0.717, 1.165) is 34.4 Å². The average Bonchev–Trinajstić information content (AvgIpc) is 2.75. The number of hydrogen-bond acceptors (Lipinski definition) is 5. The van der Waals surface area contributed by atoms with Crippen molar-refractivity contribution in [2.75, 3.05) is 19.5 Å². The number of ether oxygens (including phenoxy) is 2. The molecular weight excluding hydrogens is 260 g/mol. The molecule has 0 saturated carbocycles. The molecule has 0 aliphatic rings. The second-order valence-electron chi connectivity index (χ2n) is 4.17. The Labute approximate surface area is 117 Å². The van der Waals surface area contributed by atoms with Crippen molar-refractivity contribution in [3.63, 3.8) is 0 Å². The number of rotatable bonds is 5. The Kier molecular flexibility index (Phi) is 4.27. The summed E-state index contributed by atoms with van der Waals surface area (Å²) in [5, 5.41) is 4.43. The van der Waals surface area contributed by atoms with Gasteiger partial charge in [0.2, 0.25) is 0 Å². The molecule has 2 rings (SSSR count). The smallest absolute Gasteiger partial charge is 0.162 e. The van der Waals surface area contributed by atoms with Gasteiger partial charge in [-0.3, -0.25) is 0 Å². The summed E-state index contributed by atoms with van der Waals surface area (Å²) in [6.07, 6.45) is 0. The zero-order valence-electron chi connectivity index (χ0n) is 11.6. The number of aryl methyl sites for hydroxylation is 2. The van der Waals surface area contributed by atoms with Gasteiger partial charge >= 0.3 is 0 Å². The minimum atomic E-state index is 0.717. The Morgan fingerprint density at radius 2 is 1.89 bits per heavy atom. The number of thiazole rings is 1. The topological polar surface area (TPSA) is 43.4 Å². The zero-order valence-corrected chi connectivity index (χ0v) is 12.4. The third-order valence-electron chi connectivity index (χ3n) is 2.90. The van der Waals surface area contributed by atoms with Gasteiger partial charge in [-0.05, 0) is 26.0 Å². The molecule has 0 aliphatic heterocycles. The van der Waals surface area contributed by atoms with Crippen LogP contribution in [-0.2, 0) is 6.54 Å². The summed E-state index contributed by atoms with van der Waals surface area (Å²) in [7, 11) is 3.27. The van der Waals surface area contributed by atoms with Crippen LogP contribution < -0.4 is 14.8 Å². The molecule has 4 nitrogen and oxygen atoms in total. The molecule has 1 aromatic carbocycles. The van der Waals surface area contributed by atoms with Gasteiger partial charge in [0.05, 0.1) is 26.5 Å². The van der Waals surface area contributed by atoms with E-state index in [1.165, 1.54) is 4.88 Å². The zero-order chi connectivity index (χ0) is 13.8. The number of nitrogens with zero attached hydrogens (tertiary/aromatic N) is 1. The third kappa shape index (κ3) is 3.17. The summed E-state index contributed by atoms with van der Waals surface area (Å²) in [6, 6.07) is 5.78. The summed E-state index contributed by atoms with van der Waals surface area (Å²) in [5.41, 5.74) is 2.09. The van der Waals surface area contributed by atoms with Crippen molar-refractivity contribution in [1.29, 1.82) is 0 Å². The van der Waals surface area contributed by atoms with E-state index in [2.05, 4.69) is 17.2 Å². The van der Waals surface area contributed by atoms with Crippen LogP contribution in [-0.4, -0.2) is 19.2 Å². The molecule has 0 saturated heterocycles. The van der Waals surface area contributed by atoms with E-state index in [-0.39, 0.29) is 0 Å². The molecule has 0 fully saturated rings. The highest BCUT2D eigenvalue weighted by atomic mass is 32.1. The summed E-state index contributed by atoms with van der Waals surface area (Å²) >= 11 is 1.72. The fourth-order valence-corrected chi connectivity index (χ4v) is 2.61. The number of nitrogens with one attached hydrogen (secondary N) is 1. The van der Waals surface area contributed by atoms with Crippen LogP contribution in [0.15, 0.2) is 18.2 Å². The molecule has 1 heterocycles. The second-order valence-corrected chi connectivity index (χ2v) is 5.46. The first kappa shape index (κ1) is 13.7. The first-order valence-corrected chi connectivity index (χ1v) is 6.84. The molecule has 0 atom stereocenters. The molecule has 102 valence electrons. The Balaban J connectivity index is 2.07. The van der Waals surface area contributed by atoms with Crippen LogP contribution in [0.5, 0.6) is 11.5 Å². The van der Waals surface area contributed by atoms with Gasteiger partial charge in [-0.25, -0.2) is 4.98 Å². The Morgan fingerprint density at radius 3 is 2.47 bits per heavy atom. The molecule has 2 aromatic rings. The number of hydrogen-bond donors (Lipinski definition) is 1. The fourth-order valence-electron chi connectivity index (χ4n) is 1.74. The maximum absolute atomic E-state index is 5.27. The molecular formula is C14H18N2O2S. The Morgan fingerprint density at radius 1 is 1.16 bits per heavy atom. The van der Waals surface area contributed by atoms with Crippen LogP contribution in [0.25, 0.3) is 0 Å². The van der Waals surface area contributed by atoms with Gasteiger partial charge in [0.25, 0.3) is 0 Å². The van der Waals surface area contributed by atoms with Crippen molar-refractivity contribution in [3.05, 3.63) is 33.8 Å². The highest BCUT2D eigenvalue weighted by molar-refractivity contribution is 7.11. The predicted molar refractivity (Wildman–Crippen MR) is 78.5 cm³/mol.